The Morgan fingerprint density at radius 2 is 1.73 bits per heavy atom. The molecule has 0 amide bonds. The second-order valence-corrected chi connectivity index (χ2v) is 5.65. The summed E-state index contributed by atoms with van der Waals surface area (Å²) in [5.74, 6) is 0.637. The molecule has 3 rings (SSSR count). The van der Waals surface area contributed by atoms with Gasteiger partial charge in [-0.05, 0) is 36.8 Å². The van der Waals surface area contributed by atoms with Crippen molar-refractivity contribution in [3.63, 3.8) is 0 Å². The number of carbonyl (C=O) groups is 1. The van der Waals surface area contributed by atoms with Crippen molar-refractivity contribution in [3.8, 4) is 22.6 Å². The molecule has 0 saturated carbocycles. The summed E-state index contributed by atoms with van der Waals surface area (Å²) < 4.78 is 20.9. The Labute approximate surface area is 149 Å². The second kappa shape index (κ2) is 7.31. The number of benzene rings is 2. The van der Waals surface area contributed by atoms with Crippen LogP contribution in [0, 0.1) is 0 Å². The Hall–Kier alpha value is -3.28. The lowest BCUT2D eigenvalue weighted by Gasteiger charge is -2.12. The van der Waals surface area contributed by atoms with Crippen LogP contribution in [0.15, 0.2) is 57.9 Å². The van der Waals surface area contributed by atoms with Crippen LogP contribution in [-0.2, 0) is 9.53 Å². The van der Waals surface area contributed by atoms with Crippen LogP contribution in [-0.4, -0.2) is 26.3 Å². The molecule has 0 N–H and O–H groups in total. The molecule has 1 atom stereocenters. The van der Waals surface area contributed by atoms with Crippen LogP contribution in [0.1, 0.15) is 6.92 Å². The van der Waals surface area contributed by atoms with Crippen molar-refractivity contribution >= 4 is 16.9 Å². The van der Waals surface area contributed by atoms with Crippen LogP contribution < -0.4 is 14.9 Å². The molecule has 0 fully saturated rings. The van der Waals surface area contributed by atoms with Gasteiger partial charge in [-0.3, -0.25) is 4.79 Å². The highest BCUT2D eigenvalue weighted by molar-refractivity contribution is 5.83. The Bertz CT molecular complexity index is 987. The first-order valence-electron chi connectivity index (χ1n) is 7.98. The summed E-state index contributed by atoms with van der Waals surface area (Å²) in [6.07, 6.45) is 0.655. The Morgan fingerprint density at radius 1 is 1.04 bits per heavy atom. The van der Waals surface area contributed by atoms with Gasteiger partial charge in [0.2, 0.25) is 0 Å². The number of hydrogen-bond acceptors (Lipinski definition) is 6. The highest BCUT2D eigenvalue weighted by Crippen LogP contribution is 2.25. The van der Waals surface area contributed by atoms with E-state index in [4.69, 9.17) is 13.9 Å². The highest BCUT2D eigenvalue weighted by atomic mass is 16.6. The molecule has 134 valence electrons. The molecule has 1 heterocycles. The van der Waals surface area contributed by atoms with E-state index in [9.17, 15) is 9.59 Å². The first kappa shape index (κ1) is 17.5. The fourth-order valence-electron chi connectivity index (χ4n) is 2.57. The van der Waals surface area contributed by atoms with Gasteiger partial charge in [0.25, 0.3) is 0 Å². The smallest absolute Gasteiger partial charge is 0.346 e. The van der Waals surface area contributed by atoms with Crippen molar-refractivity contribution in [1.29, 1.82) is 0 Å². The van der Waals surface area contributed by atoms with Crippen LogP contribution in [0.25, 0.3) is 22.1 Å². The summed E-state index contributed by atoms with van der Waals surface area (Å²) in [5.41, 5.74) is 1.42. The average Bonchev–Trinajstić information content (AvgIpc) is 2.67. The molecular formula is C20H18O6. The molecule has 3 aromatic rings. The summed E-state index contributed by atoms with van der Waals surface area (Å²) in [6, 6.07) is 12.0. The van der Waals surface area contributed by atoms with E-state index in [1.54, 1.807) is 56.5 Å². The van der Waals surface area contributed by atoms with E-state index < -0.39 is 12.1 Å². The van der Waals surface area contributed by atoms with Gasteiger partial charge in [-0.2, -0.15) is 0 Å². The topological polar surface area (TPSA) is 75.0 Å². The monoisotopic (exact) mass is 354 g/mol. The molecule has 0 spiro atoms. The van der Waals surface area contributed by atoms with Crippen LogP contribution >= 0.6 is 0 Å². The molecule has 26 heavy (non-hydrogen) atoms. The fraction of sp³-hybridized carbons (Fsp3) is 0.200. The normalized spacial score (nSPS) is 11.8. The van der Waals surface area contributed by atoms with Gasteiger partial charge in [-0.15, -0.1) is 0 Å². The minimum absolute atomic E-state index is 0.149. The predicted molar refractivity (Wildman–Crippen MR) is 96.6 cm³/mol. The summed E-state index contributed by atoms with van der Waals surface area (Å²) in [5, 5.41) is 0.427. The molecule has 1 aromatic heterocycles. The molecule has 6 nitrogen and oxygen atoms in total. The van der Waals surface area contributed by atoms with Crippen LogP contribution in [0.5, 0.6) is 11.5 Å². The molecule has 6 heteroatoms. The van der Waals surface area contributed by atoms with E-state index in [2.05, 4.69) is 4.74 Å². The van der Waals surface area contributed by atoms with Crippen molar-refractivity contribution in [3.05, 3.63) is 59.0 Å². The van der Waals surface area contributed by atoms with Gasteiger partial charge >= 0.3 is 5.97 Å². The number of rotatable bonds is 5. The summed E-state index contributed by atoms with van der Waals surface area (Å²) >= 11 is 0. The van der Waals surface area contributed by atoms with E-state index in [1.165, 1.54) is 13.4 Å². The van der Waals surface area contributed by atoms with Gasteiger partial charge < -0.3 is 18.6 Å². The van der Waals surface area contributed by atoms with Crippen molar-refractivity contribution in [2.24, 2.45) is 0 Å². The zero-order valence-electron chi connectivity index (χ0n) is 14.6. The number of fused-ring (bicyclic) bond motifs is 1. The Kier molecular flexibility index (Phi) is 4.93. The average molecular weight is 354 g/mol. The van der Waals surface area contributed by atoms with Crippen LogP contribution in [0.2, 0.25) is 0 Å². The largest absolute Gasteiger partial charge is 0.497 e. The minimum Gasteiger partial charge on any atom is -0.497 e. The van der Waals surface area contributed by atoms with Crippen LogP contribution in [0.4, 0.5) is 0 Å². The summed E-state index contributed by atoms with van der Waals surface area (Å²) in [6.45, 7) is 1.58. The molecule has 0 bridgehead atoms. The Morgan fingerprint density at radius 3 is 2.38 bits per heavy atom. The maximum atomic E-state index is 12.8. The van der Waals surface area contributed by atoms with E-state index >= 15 is 0 Å². The lowest BCUT2D eigenvalue weighted by atomic mass is 10.1. The van der Waals surface area contributed by atoms with Crippen molar-refractivity contribution < 1.29 is 23.4 Å². The third-order valence-corrected chi connectivity index (χ3v) is 3.99. The van der Waals surface area contributed by atoms with Crippen molar-refractivity contribution in [1.82, 2.24) is 0 Å². The standard InChI is InChI=1S/C20H18O6/c1-12(20(22)24-3)26-15-8-9-16-18(10-15)25-11-17(19(16)21)13-4-6-14(23-2)7-5-13/h4-12H,1-3H3. The van der Waals surface area contributed by atoms with Gasteiger partial charge in [0.15, 0.2) is 11.5 Å². The van der Waals surface area contributed by atoms with Crippen molar-refractivity contribution in [2.45, 2.75) is 13.0 Å². The number of esters is 1. The maximum Gasteiger partial charge on any atom is 0.346 e. The fourth-order valence-corrected chi connectivity index (χ4v) is 2.57. The van der Waals surface area contributed by atoms with Gasteiger partial charge in [0, 0.05) is 6.07 Å². The van der Waals surface area contributed by atoms with Crippen molar-refractivity contribution in [2.75, 3.05) is 14.2 Å². The SMILES string of the molecule is COC(=O)C(C)Oc1ccc2c(=O)c(-c3ccc(OC)cc3)coc2c1. The molecule has 0 aliphatic carbocycles. The maximum absolute atomic E-state index is 12.8. The number of ether oxygens (including phenoxy) is 3. The van der Waals surface area contributed by atoms with E-state index in [0.29, 0.717) is 28.0 Å². The molecule has 0 radical (unpaired) electrons. The summed E-state index contributed by atoms with van der Waals surface area (Å²) in [4.78, 5) is 24.2. The molecular weight excluding hydrogens is 336 g/mol. The summed E-state index contributed by atoms with van der Waals surface area (Å²) in [7, 11) is 2.88. The lowest BCUT2D eigenvalue weighted by Crippen LogP contribution is -2.24. The lowest BCUT2D eigenvalue weighted by molar-refractivity contribution is -0.147. The number of carbonyl (C=O) groups excluding carboxylic acids is 1. The third-order valence-electron chi connectivity index (χ3n) is 3.99. The first-order chi connectivity index (χ1) is 12.5. The molecule has 1 unspecified atom stereocenters. The zero-order chi connectivity index (χ0) is 18.7. The zero-order valence-corrected chi connectivity index (χ0v) is 14.6. The predicted octanol–water partition coefficient (Wildman–Crippen LogP) is 3.41. The molecule has 0 aliphatic rings. The molecule has 0 saturated heterocycles. The molecule has 0 aliphatic heterocycles. The highest BCUT2D eigenvalue weighted by Gasteiger charge is 2.16. The van der Waals surface area contributed by atoms with E-state index in [-0.39, 0.29) is 5.43 Å². The number of hydrogen-bond donors (Lipinski definition) is 0. The Balaban J connectivity index is 1.95. The molecule has 2 aromatic carbocycles. The van der Waals surface area contributed by atoms with E-state index in [0.717, 1.165) is 5.56 Å². The second-order valence-electron chi connectivity index (χ2n) is 5.65. The third kappa shape index (κ3) is 3.39. The van der Waals surface area contributed by atoms with Gasteiger partial charge in [-0.1, -0.05) is 12.1 Å². The van der Waals surface area contributed by atoms with Crippen LogP contribution in [0.3, 0.4) is 0 Å². The quantitative estimate of drug-likeness (QED) is 0.654. The van der Waals surface area contributed by atoms with E-state index in [1.807, 2.05) is 0 Å². The van der Waals surface area contributed by atoms with Gasteiger partial charge in [0.1, 0.15) is 23.3 Å². The minimum atomic E-state index is -0.761. The first-order valence-corrected chi connectivity index (χ1v) is 7.98. The van der Waals surface area contributed by atoms with Gasteiger partial charge in [0.05, 0.1) is 25.2 Å². The van der Waals surface area contributed by atoms with Gasteiger partial charge in [-0.25, -0.2) is 4.79 Å². The number of methoxy groups -OCH3 is 2.